The zero-order valence-electron chi connectivity index (χ0n) is 11.1. The number of nitrogens with zero attached hydrogens (tertiary/aromatic N) is 1. The molecule has 18 heavy (non-hydrogen) atoms. The molecule has 0 radical (unpaired) electrons. The van der Waals surface area contributed by atoms with E-state index in [1.54, 1.807) is 0 Å². The second kappa shape index (κ2) is 10.1. The van der Waals surface area contributed by atoms with Crippen molar-refractivity contribution in [3.63, 3.8) is 0 Å². The van der Waals surface area contributed by atoms with Gasteiger partial charge in [0.05, 0.1) is 0 Å². The van der Waals surface area contributed by atoms with Crippen molar-refractivity contribution in [3.05, 3.63) is 60.2 Å². The standard InChI is InChI=1S/C9H16N3.C5H5.Fe/c1-8(12(10-2)11-3)9-6-4-5-7-9;1-2-4-5-3-1;/h4-8,10-11H,1-3H3;1-5H;/q2*-1;+2/t8-;;/m0../s1. The number of rotatable bonds is 4. The van der Waals surface area contributed by atoms with Crippen molar-refractivity contribution in [2.24, 2.45) is 0 Å². The predicted molar refractivity (Wildman–Crippen MR) is 72.4 cm³/mol. The van der Waals surface area contributed by atoms with Gasteiger partial charge in [-0.2, -0.15) is 35.4 Å². The Labute approximate surface area is 120 Å². The SMILES string of the molecule is CNN(NC)[C@@H](C)[c-]1cccc1.[Fe+2].c1cc[cH-]c1. The van der Waals surface area contributed by atoms with Crippen LogP contribution in [0.3, 0.4) is 0 Å². The summed E-state index contributed by atoms with van der Waals surface area (Å²) in [7, 11) is 3.80. The summed E-state index contributed by atoms with van der Waals surface area (Å²) in [6, 6.07) is 18.7. The van der Waals surface area contributed by atoms with Crippen molar-refractivity contribution < 1.29 is 17.1 Å². The molecule has 2 N–H and O–H groups in total. The molecule has 0 spiro atoms. The molecule has 0 bridgehead atoms. The van der Waals surface area contributed by atoms with Crippen molar-refractivity contribution in [1.82, 2.24) is 16.0 Å². The van der Waals surface area contributed by atoms with Crippen LogP contribution >= 0.6 is 0 Å². The number of hydrogen-bond acceptors (Lipinski definition) is 3. The third-order valence-corrected chi connectivity index (χ3v) is 2.60. The minimum absolute atomic E-state index is 0. The summed E-state index contributed by atoms with van der Waals surface area (Å²) in [6.07, 6.45) is 0. The van der Waals surface area contributed by atoms with Crippen molar-refractivity contribution in [1.29, 1.82) is 0 Å². The first-order valence-electron chi connectivity index (χ1n) is 5.82. The predicted octanol–water partition coefficient (Wildman–Crippen LogP) is 2.44. The van der Waals surface area contributed by atoms with Gasteiger partial charge in [-0.05, 0) is 0 Å². The van der Waals surface area contributed by atoms with Gasteiger partial charge in [-0.25, -0.2) is 35.1 Å². The van der Waals surface area contributed by atoms with Gasteiger partial charge in [-0.15, -0.1) is 5.56 Å². The van der Waals surface area contributed by atoms with Gasteiger partial charge in [0, 0.05) is 20.1 Å². The van der Waals surface area contributed by atoms with Gasteiger partial charge in [-0.3, -0.25) is 0 Å². The van der Waals surface area contributed by atoms with Gasteiger partial charge in [0.25, 0.3) is 0 Å². The van der Waals surface area contributed by atoms with Crippen LogP contribution in [0.2, 0.25) is 0 Å². The van der Waals surface area contributed by atoms with Crippen LogP contribution in [0.25, 0.3) is 0 Å². The molecule has 0 amide bonds. The molecule has 0 saturated carbocycles. The van der Waals surface area contributed by atoms with E-state index < -0.39 is 0 Å². The fourth-order valence-corrected chi connectivity index (χ4v) is 1.64. The third-order valence-electron chi connectivity index (χ3n) is 2.60. The Morgan fingerprint density at radius 2 is 1.50 bits per heavy atom. The Morgan fingerprint density at radius 3 is 1.83 bits per heavy atom. The smallest absolute Gasteiger partial charge is 0.245 e. The number of hydrazine groups is 2. The van der Waals surface area contributed by atoms with E-state index in [9.17, 15) is 0 Å². The minimum Gasteiger partial charge on any atom is -0.245 e. The van der Waals surface area contributed by atoms with E-state index >= 15 is 0 Å². The van der Waals surface area contributed by atoms with E-state index in [-0.39, 0.29) is 17.1 Å². The summed E-state index contributed by atoms with van der Waals surface area (Å²) in [4.78, 5) is 0. The molecule has 3 nitrogen and oxygen atoms in total. The summed E-state index contributed by atoms with van der Waals surface area (Å²) in [5.41, 5.74) is 7.43. The summed E-state index contributed by atoms with van der Waals surface area (Å²) in [5, 5.41) is 1.95. The first-order valence-corrected chi connectivity index (χ1v) is 5.82. The maximum Gasteiger partial charge on any atom is 2.00 e. The molecule has 2 aromatic carbocycles. The molecule has 2 rings (SSSR count). The van der Waals surface area contributed by atoms with Crippen LogP contribution < -0.4 is 10.9 Å². The largest absolute Gasteiger partial charge is 2.00 e. The van der Waals surface area contributed by atoms with E-state index in [0.29, 0.717) is 6.04 Å². The first-order chi connectivity index (χ1) is 8.29. The zero-order valence-corrected chi connectivity index (χ0v) is 12.2. The molecular formula is C14H21FeN3. The molecule has 4 heteroatoms. The van der Waals surface area contributed by atoms with Gasteiger partial charge < -0.3 is 0 Å². The fourth-order valence-electron chi connectivity index (χ4n) is 1.64. The van der Waals surface area contributed by atoms with Crippen molar-refractivity contribution in [2.75, 3.05) is 14.1 Å². The molecular weight excluding hydrogens is 266 g/mol. The average Bonchev–Trinajstić information content (AvgIpc) is 3.07. The fraction of sp³-hybridized carbons (Fsp3) is 0.286. The Balaban J connectivity index is 0.000000405. The van der Waals surface area contributed by atoms with Gasteiger partial charge >= 0.3 is 17.1 Å². The van der Waals surface area contributed by atoms with Gasteiger partial charge in [0.1, 0.15) is 0 Å². The summed E-state index contributed by atoms with van der Waals surface area (Å²) >= 11 is 0. The normalized spacial score (nSPS) is 11.3. The van der Waals surface area contributed by atoms with Crippen LogP contribution in [0.5, 0.6) is 0 Å². The molecule has 1 atom stereocenters. The van der Waals surface area contributed by atoms with Crippen LogP contribution in [-0.4, -0.2) is 19.2 Å². The second-order valence-corrected chi connectivity index (χ2v) is 3.67. The minimum atomic E-state index is 0. The quantitative estimate of drug-likeness (QED) is 0.514. The molecule has 0 unspecified atom stereocenters. The maximum atomic E-state index is 3.06. The Morgan fingerprint density at radius 1 is 1.00 bits per heavy atom. The monoisotopic (exact) mass is 287 g/mol. The van der Waals surface area contributed by atoms with Crippen LogP contribution in [0.4, 0.5) is 0 Å². The Kier molecular flexibility index (Phi) is 9.56. The van der Waals surface area contributed by atoms with Crippen molar-refractivity contribution in [3.8, 4) is 0 Å². The molecule has 0 heterocycles. The molecule has 0 aliphatic rings. The number of nitrogens with one attached hydrogen (secondary N) is 2. The van der Waals surface area contributed by atoms with E-state index in [1.807, 2.05) is 49.5 Å². The molecule has 0 aromatic heterocycles. The van der Waals surface area contributed by atoms with E-state index in [1.165, 1.54) is 5.56 Å². The van der Waals surface area contributed by atoms with Crippen molar-refractivity contribution in [2.45, 2.75) is 13.0 Å². The molecule has 100 valence electrons. The summed E-state index contributed by atoms with van der Waals surface area (Å²) in [5.74, 6) is 0. The van der Waals surface area contributed by atoms with E-state index in [2.05, 4.69) is 42.0 Å². The molecule has 2 aromatic rings. The number of hydrogen-bond donors (Lipinski definition) is 2. The van der Waals surface area contributed by atoms with E-state index in [4.69, 9.17) is 0 Å². The zero-order chi connectivity index (χ0) is 12.5. The summed E-state index contributed by atoms with van der Waals surface area (Å²) < 4.78 is 0. The molecule has 0 saturated heterocycles. The molecule has 0 aliphatic heterocycles. The van der Waals surface area contributed by atoms with E-state index in [0.717, 1.165) is 0 Å². The maximum absolute atomic E-state index is 3.06. The molecule has 0 aliphatic carbocycles. The Bertz CT molecular complexity index is 335. The van der Waals surface area contributed by atoms with Crippen LogP contribution in [0.15, 0.2) is 54.6 Å². The average molecular weight is 287 g/mol. The van der Waals surface area contributed by atoms with Gasteiger partial charge in [-0.1, -0.05) is 6.92 Å². The Hall–Kier alpha value is -0.901. The van der Waals surface area contributed by atoms with Crippen LogP contribution in [0, 0.1) is 0 Å². The van der Waals surface area contributed by atoms with Gasteiger partial charge in [0.15, 0.2) is 0 Å². The first kappa shape index (κ1) is 17.1. The molecule has 0 fully saturated rings. The van der Waals surface area contributed by atoms with Crippen molar-refractivity contribution >= 4 is 0 Å². The second-order valence-electron chi connectivity index (χ2n) is 3.67. The third kappa shape index (κ3) is 5.63. The van der Waals surface area contributed by atoms with Crippen LogP contribution in [-0.2, 0) is 17.1 Å². The topological polar surface area (TPSA) is 27.3 Å². The summed E-state index contributed by atoms with van der Waals surface area (Å²) in [6.45, 7) is 2.14. The van der Waals surface area contributed by atoms with Gasteiger partial charge in [0.2, 0.25) is 0 Å². The van der Waals surface area contributed by atoms with Crippen LogP contribution in [0.1, 0.15) is 18.5 Å².